The van der Waals surface area contributed by atoms with E-state index in [0.717, 1.165) is 16.7 Å². The van der Waals surface area contributed by atoms with E-state index in [1.807, 2.05) is 29.2 Å². The molecule has 0 spiro atoms. The minimum absolute atomic E-state index is 0.141. The van der Waals surface area contributed by atoms with Gasteiger partial charge in [-0.25, -0.2) is 0 Å². The summed E-state index contributed by atoms with van der Waals surface area (Å²) >= 11 is 5.92. The molecule has 142 valence electrons. The molecule has 2 atom stereocenters. The number of fused-ring (bicyclic) bond motifs is 2. The van der Waals surface area contributed by atoms with Gasteiger partial charge in [-0.2, -0.15) is 0 Å². The van der Waals surface area contributed by atoms with Crippen LogP contribution in [0.5, 0.6) is 5.75 Å². The van der Waals surface area contributed by atoms with Crippen LogP contribution >= 0.6 is 11.6 Å². The lowest BCUT2D eigenvalue weighted by Gasteiger charge is -2.31. The summed E-state index contributed by atoms with van der Waals surface area (Å²) in [4.78, 5) is 14.4. The van der Waals surface area contributed by atoms with Crippen LogP contribution in [0.2, 0.25) is 5.02 Å². The Morgan fingerprint density at radius 2 is 1.86 bits per heavy atom. The number of carbonyl (C=O) groups excluding carboxylic acids is 1. The maximum absolute atomic E-state index is 12.5. The Balaban J connectivity index is 1.40. The minimum atomic E-state index is -0.685. The van der Waals surface area contributed by atoms with Gasteiger partial charge in [0.25, 0.3) is 0 Å². The fourth-order valence-electron chi connectivity index (χ4n) is 4.24. The topological polar surface area (TPSA) is 38.8 Å². The van der Waals surface area contributed by atoms with E-state index >= 15 is 0 Å². The van der Waals surface area contributed by atoms with Gasteiger partial charge in [-0.1, -0.05) is 48.0 Å². The Labute approximate surface area is 168 Å². The zero-order chi connectivity index (χ0) is 19.1. The lowest BCUT2D eigenvalue weighted by atomic mass is 9.97. The highest BCUT2D eigenvalue weighted by atomic mass is 35.5. The minimum Gasteiger partial charge on any atom is -0.491 e. The zero-order valence-electron chi connectivity index (χ0n) is 15.3. The molecule has 4 nitrogen and oxygen atoms in total. The highest BCUT2D eigenvalue weighted by Gasteiger charge is 2.54. The summed E-state index contributed by atoms with van der Waals surface area (Å²) in [5.74, 6) is 0.883. The number of carbonyl (C=O) groups is 1. The van der Waals surface area contributed by atoms with Gasteiger partial charge < -0.3 is 14.4 Å². The Hall–Kier alpha value is -2.56. The molecule has 3 aromatic carbocycles. The summed E-state index contributed by atoms with van der Waals surface area (Å²) < 4.78 is 12.4. The van der Waals surface area contributed by atoms with Crippen LogP contribution < -0.4 is 4.74 Å². The van der Waals surface area contributed by atoms with Gasteiger partial charge in [0.1, 0.15) is 18.5 Å². The van der Waals surface area contributed by atoms with E-state index in [9.17, 15) is 4.79 Å². The summed E-state index contributed by atoms with van der Waals surface area (Å²) in [6, 6.07) is 21.8. The first kappa shape index (κ1) is 17.5. The van der Waals surface area contributed by atoms with Gasteiger partial charge in [0.2, 0.25) is 5.91 Å². The first-order chi connectivity index (χ1) is 13.6. The number of hydrogen-bond acceptors (Lipinski definition) is 3. The second-order valence-corrected chi connectivity index (χ2v) is 7.79. The molecule has 2 aliphatic heterocycles. The van der Waals surface area contributed by atoms with Crippen molar-refractivity contribution in [1.29, 1.82) is 0 Å². The number of nitrogens with zero attached hydrogens (tertiary/aromatic N) is 1. The van der Waals surface area contributed by atoms with Crippen LogP contribution in [0.3, 0.4) is 0 Å². The Morgan fingerprint density at radius 1 is 1.07 bits per heavy atom. The molecular weight excluding hydrogens is 374 g/mol. The molecule has 0 saturated carbocycles. The van der Waals surface area contributed by atoms with Gasteiger partial charge in [-0.05, 0) is 41.1 Å². The molecule has 5 rings (SSSR count). The zero-order valence-corrected chi connectivity index (χ0v) is 16.1. The molecule has 2 aliphatic rings. The number of amides is 1. The summed E-state index contributed by atoms with van der Waals surface area (Å²) in [5, 5.41) is 3.00. The molecule has 0 aromatic heterocycles. The molecular formula is C23H20ClNO3. The number of ether oxygens (including phenoxy) is 2. The molecule has 5 heteroatoms. The first-order valence-corrected chi connectivity index (χ1v) is 9.88. The molecule has 0 N–H and O–H groups in total. The maximum atomic E-state index is 12.5. The normalized spacial score (nSPS) is 24.0. The third kappa shape index (κ3) is 2.93. The molecule has 3 aromatic rings. The van der Waals surface area contributed by atoms with E-state index in [1.165, 1.54) is 5.39 Å². The van der Waals surface area contributed by atoms with Crippen LogP contribution in [-0.2, 0) is 15.3 Å². The van der Waals surface area contributed by atoms with Gasteiger partial charge in [0.15, 0.2) is 5.72 Å². The molecule has 2 saturated heterocycles. The summed E-state index contributed by atoms with van der Waals surface area (Å²) in [7, 11) is 0. The van der Waals surface area contributed by atoms with E-state index < -0.39 is 5.72 Å². The quantitative estimate of drug-likeness (QED) is 0.642. The molecule has 2 fully saturated rings. The van der Waals surface area contributed by atoms with Crippen molar-refractivity contribution in [2.45, 2.75) is 24.7 Å². The van der Waals surface area contributed by atoms with Gasteiger partial charge in [0, 0.05) is 23.4 Å². The molecule has 1 amide bonds. The fourth-order valence-corrected chi connectivity index (χ4v) is 4.37. The van der Waals surface area contributed by atoms with Gasteiger partial charge in [0.05, 0.1) is 6.54 Å². The van der Waals surface area contributed by atoms with Crippen LogP contribution in [0.25, 0.3) is 10.8 Å². The van der Waals surface area contributed by atoms with E-state index in [2.05, 4.69) is 30.3 Å². The Bertz CT molecular complexity index is 1040. The van der Waals surface area contributed by atoms with Crippen LogP contribution in [0.15, 0.2) is 66.7 Å². The van der Waals surface area contributed by atoms with Crippen molar-refractivity contribution in [3.63, 3.8) is 0 Å². The summed E-state index contributed by atoms with van der Waals surface area (Å²) in [6.45, 7) is 0.931. The van der Waals surface area contributed by atoms with E-state index in [4.69, 9.17) is 21.1 Å². The number of halogens is 1. The predicted octanol–water partition coefficient (Wildman–Crippen LogP) is 4.75. The van der Waals surface area contributed by atoms with Crippen molar-refractivity contribution in [2.24, 2.45) is 0 Å². The SMILES string of the molecule is O=C1CC[C@]2(c3ccc4ccccc4c3)O[C@H](COc3ccc(Cl)cc3)CN12. The number of benzene rings is 3. The van der Waals surface area contributed by atoms with Crippen molar-refractivity contribution in [1.82, 2.24) is 4.90 Å². The number of rotatable bonds is 4. The Kier molecular flexibility index (Phi) is 4.26. The van der Waals surface area contributed by atoms with Crippen molar-refractivity contribution < 1.29 is 14.3 Å². The maximum Gasteiger partial charge on any atom is 0.225 e. The van der Waals surface area contributed by atoms with E-state index in [0.29, 0.717) is 31.0 Å². The third-order valence-corrected chi connectivity index (χ3v) is 5.86. The molecule has 2 heterocycles. The van der Waals surface area contributed by atoms with Crippen LogP contribution in [0.1, 0.15) is 18.4 Å². The second kappa shape index (κ2) is 6.80. The average Bonchev–Trinajstić information content (AvgIpc) is 3.25. The van der Waals surface area contributed by atoms with Crippen LogP contribution in [0.4, 0.5) is 0 Å². The lowest BCUT2D eigenvalue weighted by molar-refractivity contribution is -0.140. The fraction of sp³-hybridized carbons (Fsp3) is 0.261. The van der Waals surface area contributed by atoms with Gasteiger partial charge >= 0.3 is 0 Å². The Morgan fingerprint density at radius 3 is 2.68 bits per heavy atom. The van der Waals surface area contributed by atoms with E-state index in [-0.39, 0.29) is 12.0 Å². The standard InChI is InChI=1S/C23H20ClNO3/c24-19-7-9-20(10-8-19)27-15-21-14-25-22(26)11-12-23(25,28-21)18-6-5-16-3-1-2-4-17(16)13-18/h1-10,13,21H,11-12,14-15H2/t21-,23+/m0/s1. The van der Waals surface area contributed by atoms with Crippen molar-refractivity contribution in [3.05, 3.63) is 77.3 Å². The molecule has 28 heavy (non-hydrogen) atoms. The largest absolute Gasteiger partial charge is 0.491 e. The number of hydrogen-bond donors (Lipinski definition) is 0. The third-order valence-electron chi connectivity index (χ3n) is 5.61. The van der Waals surface area contributed by atoms with Crippen molar-refractivity contribution in [2.75, 3.05) is 13.2 Å². The van der Waals surface area contributed by atoms with Crippen molar-refractivity contribution >= 4 is 28.3 Å². The predicted molar refractivity (Wildman–Crippen MR) is 108 cm³/mol. The molecule has 0 aliphatic carbocycles. The smallest absolute Gasteiger partial charge is 0.225 e. The highest BCUT2D eigenvalue weighted by Crippen LogP contribution is 2.46. The van der Waals surface area contributed by atoms with Gasteiger partial charge in [-0.15, -0.1) is 0 Å². The first-order valence-electron chi connectivity index (χ1n) is 9.50. The molecule has 0 bridgehead atoms. The van der Waals surface area contributed by atoms with E-state index in [1.54, 1.807) is 12.1 Å². The molecule has 0 radical (unpaired) electrons. The van der Waals surface area contributed by atoms with Crippen molar-refractivity contribution in [3.8, 4) is 5.75 Å². The van der Waals surface area contributed by atoms with Crippen LogP contribution in [0, 0.1) is 0 Å². The second-order valence-electron chi connectivity index (χ2n) is 7.36. The monoisotopic (exact) mass is 393 g/mol. The summed E-state index contributed by atoms with van der Waals surface area (Å²) in [5.41, 5.74) is 0.348. The molecule has 0 unspecified atom stereocenters. The lowest BCUT2D eigenvalue weighted by Crippen LogP contribution is -2.38. The average molecular weight is 394 g/mol. The summed E-state index contributed by atoms with van der Waals surface area (Å²) in [6.07, 6.45) is 1.01. The van der Waals surface area contributed by atoms with Gasteiger partial charge in [-0.3, -0.25) is 4.79 Å². The highest BCUT2D eigenvalue weighted by molar-refractivity contribution is 6.30. The van der Waals surface area contributed by atoms with Crippen LogP contribution in [-0.4, -0.2) is 30.1 Å².